The number of carbonyl (C=O) groups is 1. The molecule has 2 aromatic rings. The van der Waals surface area contributed by atoms with Crippen LogP contribution in [0.25, 0.3) is 0 Å². The molecule has 86 valence electrons. The molecule has 4 heteroatoms. The zero-order valence-electron chi connectivity index (χ0n) is 8.83. The molecule has 17 heavy (non-hydrogen) atoms. The molecule has 2 nitrogen and oxygen atoms in total. The van der Waals surface area contributed by atoms with Gasteiger partial charge in [0.25, 0.3) is 0 Å². The van der Waals surface area contributed by atoms with Crippen LogP contribution in [-0.2, 0) is 0 Å². The molecule has 0 unspecified atom stereocenters. The summed E-state index contributed by atoms with van der Waals surface area (Å²) in [6.07, 6.45) is 0. The van der Waals surface area contributed by atoms with E-state index in [1.165, 1.54) is 11.8 Å². The van der Waals surface area contributed by atoms with Gasteiger partial charge in [-0.3, -0.25) is 0 Å². The Morgan fingerprint density at radius 1 is 1.12 bits per heavy atom. The van der Waals surface area contributed by atoms with Crippen molar-refractivity contribution in [3.63, 3.8) is 0 Å². The van der Waals surface area contributed by atoms with Crippen molar-refractivity contribution < 1.29 is 9.90 Å². The lowest BCUT2D eigenvalue weighted by Gasteiger charge is -2.05. The first-order valence-electron chi connectivity index (χ1n) is 4.96. The molecule has 2 rings (SSSR count). The number of carboxylic acids is 1. The van der Waals surface area contributed by atoms with Gasteiger partial charge in [0.1, 0.15) is 0 Å². The van der Waals surface area contributed by atoms with E-state index in [0.717, 1.165) is 14.7 Å². The summed E-state index contributed by atoms with van der Waals surface area (Å²) in [5.74, 6) is -0.923. The predicted octanol–water partition coefficient (Wildman–Crippen LogP) is 3.82. The second-order valence-corrected chi connectivity index (χ2v) is 5.00. The number of thiol groups is 1. The molecule has 0 aliphatic heterocycles. The van der Waals surface area contributed by atoms with Crippen molar-refractivity contribution in [2.75, 3.05) is 0 Å². The van der Waals surface area contributed by atoms with Gasteiger partial charge < -0.3 is 5.11 Å². The van der Waals surface area contributed by atoms with Gasteiger partial charge in [-0.25, -0.2) is 4.79 Å². The minimum atomic E-state index is -0.923. The first-order chi connectivity index (χ1) is 8.16. The van der Waals surface area contributed by atoms with Crippen molar-refractivity contribution in [2.45, 2.75) is 14.7 Å². The maximum atomic E-state index is 10.9. The zero-order chi connectivity index (χ0) is 12.3. The highest BCUT2D eigenvalue weighted by Gasteiger charge is 2.07. The number of rotatable bonds is 3. The van der Waals surface area contributed by atoms with E-state index in [0.29, 0.717) is 0 Å². The molecule has 0 radical (unpaired) electrons. The van der Waals surface area contributed by atoms with E-state index < -0.39 is 5.97 Å². The molecule has 0 aromatic heterocycles. The highest BCUT2D eigenvalue weighted by atomic mass is 32.2. The minimum Gasteiger partial charge on any atom is -0.478 e. The SMILES string of the molecule is O=C(O)c1ccc(S)c(Sc2ccccc2)c1. The van der Waals surface area contributed by atoms with Gasteiger partial charge in [0, 0.05) is 14.7 Å². The van der Waals surface area contributed by atoms with Gasteiger partial charge in [-0.2, -0.15) is 0 Å². The van der Waals surface area contributed by atoms with Crippen LogP contribution in [0.4, 0.5) is 0 Å². The molecule has 0 aliphatic rings. The number of benzene rings is 2. The predicted molar refractivity (Wildman–Crippen MR) is 71.2 cm³/mol. The third-order valence-corrected chi connectivity index (χ3v) is 3.78. The molecule has 0 saturated heterocycles. The number of aromatic carboxylic acids is 1. The Morgan fingerprint density at radius 2 is 1.82 bits per heavy atom. The summed E-state index contributed by atoms with van der Waals surface area (Å²) in [6.45, 7) is 0. The monoisotopic (exact) mass is 262 g/mol. The maximum Gasteiger partial charge on any atom is 0.335 e. The summed E-state index contributed by atoms with van der Waals surface area (Å²) in [7, 11) is 0. The normalized spacial score (nSPS) is 10.2. The van der Waals surface area contributed by atoms with Crippen LogP contribution in [0, 0.1) is 0 Å². The van der Waals surface area contributed by atoms with Crippen LogP contribution in [0.3, 0.4) is 0 Å². The molecule has 1 N–H and O–H groups in total. The van der Waals surface area contributed by atoms with Crippen LogP contribution in [0.5, 0.6) is 0 Å². The van der Waals surface area contributed by atoms with E-state index in [2.05, 4.69) is 12.6 Å². The maximum absolute atomic E-state index is 10.9. The van der Waals surface area contributed by atoms with Gasteiger partial charge in [0.05, 0.1) is 5.56 Å². The first kappa shape index (κ1) is 12.1. The van der Waals surface area contributed by atoms with Crippen molar-refractivity contribution in [3.05, 3.63) is 54.1 Å². The van der Waals surface area contributed by atoms with E-state index in [1.54, 1.807) is 18.2 Å². The smallest absolute Gasteiger partial charge is 0.335 e. The molecular formula is C13H10O2S2. The Morgan fingerprint density at radius 3 is 2.47 bits per heavy atom. The minimum absolute atomic E-state index is 0.279. The van der Waals surface area contributed by atoms with E-state index in [9.17, 15) is 4.79 Å². The highest BCUT2D eigenvalue weighted by Crippen LogP contribution is 2.32. The highest BCUT2D eigenvalue weighted by molar-refractivity contribution is 7.99. The third-order valence-electron chi connectivity index (χ3n) is 2.18. The fraction of sp³-hybridized carbons (Fsp3) is 0. The number of carboxylic acid groups (broad SMARTS) is 1. The van der Waals surface area contributed by atoms with Crippen molar-refractivity contribution in [1.29, 1.82) is 0 Å². The van der Waals surface area contributed by atoms with Gasteiger partial charge in [0.15, 0.2) is 0 Å². The summed E-state index contributed by atoms with van der Waals surface area (Å²) in [5.41, 5.74) is 0.279. The first-order valence-corrected chi connectivity index (χ1v) is 6.22. The van der Waals surface area contributed by atoms with Gasteiger partial charge in [-0.15, -0.1) is 12.6 Å². The van der Waals surface area contributed by atoms with Crippen molar-refractivity contribution in [2.24, 2.45) is 0 Å². The largest absolute Gasteiger partial charge is 0.478 e. The van der Waals surface area contributed by atoms with Crippen LogP contribution >= 0.6 is 24.4 Å². The second-order valence-electron chi connectivity index (χ2n) is 3.40. The van der Waals surface area contributed by atoms with Crippen molar-refractivity contribution in [1.82, 2.24) is 0 Å². The van der Waals surface area contributed by atoms with Crippen molar-refractivity contribution in [3.8, 4) is 0 Å². The fourth-order valence-electron chi connectivity index (χ4n) is 1.34. The molecule has 0 bridgehead atoms. The van der Waals surface area contributed by atoms with Crippen LogP contribution in [0.2, 0.25) is 0 Å². The second kappa shape index (κ2) is 5.29. The number of hydrogen-bond donors (Lipinski definition) is 2. The summed E-state index contributed by atoms with van der Waals surface area (Å²) in [5, 5.41) is 8.93. The summed E-state index contributed by atoms with van der Waals surface area (Å²) in [4.78, 5) is 13.6. The van der Waals surface area contributed by atoms with Crippen molar-refractivity contribution >= 4 is 30.4 Å². The lowest BCUT2D eigenvalue weighted by molar-refractivity contribution is 0.0696. The van der Waals surface area contributed by atoms with Crippen LogP contribution in [0.15, 0.2) is 63.2 Å². The van der Waals surface area contributed by atoms with E-state index in [-0.39, 0.29) is 5.56 Å². The van der Waals surface area contributed by atoms with E-state index >= 15 is 0 Å². The fourth-order valence-corrected chi connectivity index (χ4v) is 2.53. The molecule has 0 saturated carbocycles. The van der Waals surface area contributed by atoms with E-state index in [1.807, 2.05) is 30.3 Å². The molecule has 0 fully saturated rings. The molecule has 0 atom stereocenters. The lowest BCUT2D eigenvalue weighted by Crippen LogP contribution is -1.96. The summed E-state index contributed by atoms with van der Waals surface area (Å²) in [6, 6.07) is 14.7. The van der Waals surface area contributed by atoms with Gasteiger partial charge in [0.2, 0.25) is 0 Å². The summed E-state index contributed by atoms with van der Waals surface area (Å²) < 4.78 is 0. The Kier molecular flexibility index (Phi) is 3.76. The lowest BCUT2D eigenvalue weighted by atomic mass is 10.2. The Balaban J connectivity index is 2.32. The summed E-state index contributed by atoms with van der Waals surface area (Å²) >= 11 is 5.84. The quantitative estimate of drug-likeness (QED) is 0.826. The standard InChI is InChI=1S/C13H10O2S2/c14-13(15)9-6-7-11(16)12(8-9)17-10-4-2-1-3-5-10/h1-8,16H,(H,14,15). The topological polar surface area (TPSA) is 37.3 Å². The Labute approximate surface area is 109 Å². The third kappa shape index (κ3) is 3.05. The zero-order valence-corrected chi connectivity index (χ0v) is 10.5. The molecule has 0 aliphatic carbocycles. The molecule has 0 spiro atoms. The number of hydrogen-bond acceptors (Lipinski definition) is 3. The molecule has 0 amide bonds. The van der Waals surface area contributed by atoms with Crippen LogP contribution in [0.1, 0.15) is 10.4 Å². The van der Waals surface area contributed by atoms with Crippen LogP contribution in [-0.4, -0.2) is 11.1 Å². The average Bonchev–Trinajstić information content (AvgIpc) is 2.33. The van der Waals surface area contributed by atoms with E-state index in [4.69, 9.17) is 5.11 Å². The molecular weight excluding hydrogens is 252 g/mol. The van der Waals surface area contributed by atoms with Gasteiger partial charge in [-0.05, 0) is 30.3 Å². The Bertz CT molecular complexity index is 538. The van der Waals surface area contributed by atoms with Crippen LogP contribution < -0.4 is 0 Å². The molecule has 0 heterocycles. The van der Waals surface area contributed by atoms with Gasteiger partial charge in [-0.1, -0.05) is 30.0 Å². The average molecular weight is 262 g/mol. The van der Waals surface area contributed by atoms with Gasteiger partial charge >= 0.3 is 5.97 Å². The molecule has 2 aromatic carbocycles. The Hall–Kier alpha value is -1.39.